The second-order valence-corrected chi connectivity index (χ2v) is 8.42. The molecule has 1 aliphatic rings. The highest BCUT2D eigenvalue weighted by Gasteiger charge is 2.20. The van der Waals surface area contributed by atoms with E-state index >= 15 is 0 Å². The zero-order valence-corrected chi connectivity index (χ0v) is 19.3. The van der Waals surface area contributed by atoms with Gasteiger partial charge in [0.25, 0.3) is 11.8 Å². The molecule has 2 aromatic carbocycles. The number of likely N-dealkylation sites (N-methyl/N-ethyl adjacent to an activating group) is 1. The Balaban J connectivity index is 1.51. The fraction of sp³-hybridized carbons (Fsp3) is 0.462. The van der Waals surface area contributed by atoms with E-state index in [1.54, 1.807) is 36.4 Å². The van der Waals surface area contributed by atoms with Crippen molar-refractivity contribution < 1.29 is 14.3 Å². The molecule has 1 heterocycles. The number of anilines is 1. The number of nitrogens with one attached hydrogen (secondary N) is 1. The number of amides is 2. The minimum absolute atomic E-state index is 0.00500. The van der Waals surface area contributed by atoms with E-state index in [9.17, 15) is 9.59 Å². The molecule has 172 valence electrons. The molecule has 32 heavy (non-hydrogen) atoms. The summed E-state index contributed by atoms with van der Waals surface area (Å²) in [6.45, 7) is 6.10. The van der Waals surface area contributed by atoms with Crippen molar-refractivity contribution in [3.05, 3.63) is 59.7 Å². The second kappa shape index (κ2) is 12.2. The number of ether oxygens (including phenoxy) is 1. The Morgan fingerprint density at radius 3 is 2.34 bits per heavy atom. The molecule has 6 heteroatoms. The van der Waals surface area contributed by atoms with Crippen LogP contribution in [0, 0.1) is 0 Å². The van der Waals surface area contributed by atoms with E-state index in [2.05, 4.69) is 24.2 Å². The fourth-order valence-electron chi connectivity index (χ4n) is 3.72. The van der Waals surface area contributed by atoms with E-state index in [1.165, 1.54) is 25.7 Å². The van der Waals surface area contributed by atoms with Gasteiger partial charge in [0.05, 0.1) is 6.61 Å². The molecule has 0 aliphatic carbocycles. The van der Waals surface area contributed by atoms with Gasteiger partial charge in [-0.3, -0.25) is 9.59 Å². The minimum Gasteiger partial charge on any atom is -0.494 e. The summed E-state index contributed by atoms with van der Waals surface area (Å²) in [6.07, 6.45) is 6.00. The van der Waals surface area contributed by atoms with E-state index in [0.717, 1.165) is 38.3 Å². The van der Waals surface area contributed by atoms with Crippen LogP contribution in [0.15, 0.2) is 48.5 Å². The zero-order chi connectivity index (χ0) is 22.8. The van der Waals surface area contributed by atoms with Gasteiger partial charge in [0.15, 0.2) is 0 Å². The molecule has 0 aromatic heterocycles. The van der Waals surface area contributed by atoms with Crippen molar-refractivity contribution in [3.63, 3.8) is 0 Å². The number of carbonyl (C=O) groups is 2. The third kappa shape index (κ3) is 7.09. The van der Waals surface area contributed by atoms with Gasteiger partial charge >= 0.3 is 0 Å². The maximum Gasteiger partial charge on any atom is 0.255 e. The lowest BCUT2D eigenvalue weighted by molar-refractivity contribution is 0.0664. The minimum atomic E-state index is -0.208. The number of piperazine rings is 1. The molecule has 1 N–H and O–H groups in total. The average molecular weight is 438 g/mol. The van der Waals surface area contributed by atoms with Gasteiger partial charge in [-0.15, -0.1) is 0 Å². The third-order valence-corrected chi connectivity index (χ3v) is 5.79. The summed E-state index contributed by atoms with van der Waals surface area (Å²) in [5.74, 6) is 0.572. The lowest BCUT2D eigenvalue weighted by Crippen LogP contribution is -2.47. The highest BCUT2D eigenvalue weighted by Crippen LogP contribution is 2.17. The van der Waals surface area contributed by atoms with Crippen molar-refractivity contribution in [1.29, 1.82) is 0 Å². The summed E-state index contributed by atoms with van der Waals surface area (Å²) in [7, 11) is 2.06. The van der Waals surface area contributed by atoms with Crippen LogP contribution in [-0.4, -0.2) is 61.4 Å². The van der Waals surface area contributed by atoms with Crippen LogP contribution in [0.4, 0.5) is 5.69 Å². The largest absolute Gasteiger partial charge is 0.494 e. The van der Waals surface area contributed by atoms with Gasteiger partial charge in [0.1, 0.15) is 5.75 Å². The first-order valence-corrected chi connectivity index (χ1v) is 11.7. The van der Waals surface area contributed by atoms with E-state index in [1.807, 2.05) is 17.0 Å². The highest BCUT2D eigenvalue weighted by atomic mass is 16.5. The lowest BCUT2D eigenvalue weighted by atomic mass is 10.1. The SMILES string of the molecule is CCCCCCCOc1ccc(C(=O)Nc2cccc(C(=O)N3CCN(C)CC3)c2)cc1. The molecule has 0 bridgehead atoms. The Morgan fingerprint density at radius 2 is 1.62 bits per heavy atom. The van der Waals surface area contributed by atoms with Crippen LogP contribution in [0.25, 0.3) is 0 Å². The Kier molecular flexibility index (Phi) is 9.11. The summed E-state index contributed by atoms with van der Waals surface area (Å²) in [5.41, 5.74) is 1.76. The molecule has 1 aliphatic heterocycles. The number of rotatable bonds is 10. The van der Waals surface area contributed by atoms with Crippen LogP contribution in [0.1, 0.15) is 59.7 Å². The number of unbranched alkanes of at least 4 members (excludes halogenated alkanes) is 4. The van der Waals surface area contributed by atoms with Gasteiger partial charge in [-0.05, 0) is 55.9 Å². The molecule has 1 fully saturated rings. The maximum absolute atomic E-state index is 12.8. The van der Waals surface area contributed by atoms with Crippen molar-refractivity contribution in [2.45, 2.75) is 39.0 Å². The molecule has 2 amide bonds. The highest BCUT2D eigenvalue weighted by molar-refractivity contribution is 6.05. The van der Waals surface area contributed by atoms with Crippen molar-refractivity contribution in [1.82, 2.24) is 9.80 Å². The predicted octanol–water partition coefficient (Wildman–Crippen LogP) is 4.68. The van der Waals surface area contributed by atoms with Crippen LogP contribution in [-0.2, 0) is 0 Å². The second-order valence-electron chi connectivity index (χ2n) is 8.42. The molecule has 0 radical (unpaired) electrons. The van der Waals surface area contributed by atoms with E-state index in [0.29, 0.717) is 23.4 Å². The van der Waals surface area contributed by atoms with E-state index < -0.39 is 0 Å². The fourth-order valence-corrected chi connectivity index (χ4v) is 3.72. The molecular weight excluding hydrogens is 402 g/mol. The molecule has 0 atom stereocenters. The molecule has 2 aromatic rings. The predicted molar refractivity (Wildman–Crippen MR) is 128 cm³/mol. The number of hydrogen-bond donors (Lipinski definition) is 1. The van der Waals surface area contributed by atoms with Gasteiger partial charge in [-0.25, -0.2) is 0 Å². The van der Waals surface area contributed by atoms with Crippen molar-refractivity contribution in [2.75, 3.05) is 45.2 Å². The summed E-state index contributed by atoms with van der Waals surface area (Å²) >= 11 is 0. The molecular formula is C26H35N3O3. The number of carbonyl (C=O) groups excluding carboxylic acids is 2. The van der Waals surface area contributed by atoms with Gasteiger partial charge in [-0.1, -0.05) is 38.7 Å². The van der Waals surface area contributed by atoms with Gasteiger partial charge in [0, 0.05) is 43.0 Å². The van der Waals surface area contributed by atoms with Crippen molar-refractivity contribution >= 4 is 17.5 Å². The molecule has 0 unspecified atom stereocenters. The van der Waals surface area contributed by atoms with Crippen LogP contribution < -0.4 is 10.1 Å². The lowest BCUT2D eigenvalue weighted by Gasteiger charge is -2.32. The summed E-state index contributed by atoms with van der Waals surface area (Å²) < 4.78 is 5.77. The maximum atomic E-state index is 12.8. The van der Waals surface area contributed by atoms with Gasteiger partial charge in [-0.2, -0.15) is 0 Å². The number of benzene rings is 2. The first kappa shape index (κ1) is 23.8. The molecule has 6 nitrogen and oxygen atoms in total. The number of nitrogens with zero attached hydrogens (tertiary/aromatic N) is 2. The quantitative estimate of drug-likeness (QED) is 0.549. The van der Waals surface area contributed by atoms with Crippen molar-refractivity contribution in [2.24, 2.45) is 0 Å². The smallest absolute Gasteiger partial charge is 0.255 e. The normalized spacial score (nSPS) is 14.2. The van der Waals surface area contributed by atoms with Crippen LogP contribution in [0.2, 0.25) is 0 Å². The first-order valence-electron chi connectivity index (χ1n) is 11.7. The van der Waals surface area contributed by atoms with Gasteiger partial charge in [0.2, 0.25) is 0 Å². The molecule has 3 rings (SSSR count). The molecule has 1 saturated heterocycles. The van der Waals surface area contributed by atoms with E-state index in [-0.39, 0.29) is 11.8 Å². The third-order valence-electron chi connectivity index (χ3n) is 5.79. The number of hydrogen-bond acceptors (Lipinski definition) is 4. The standard InChI is InChI=1S/C26H35N3O3/c1-3-4-5-6-7-19-32-24-13-11-21(12-14-24)25(30)27-23-10-8-9-22(20-23)26(31)29-17-15-28(2)16-18-29/h8-14,20H,3-7,15-19H2,1-2H3,(H,27,30). The topological polar surface area (TPSA) is 61.9 Å². The summed E-state index contributed by atoms with van der Waals surface area (Å²) in [4.78, 5) is 29.5. The Morgan fingerprint density at radius 1 is 0.906 bits per heavy atom. The van der Waals surface area contributed by atoms with E-state index in [4.69, 9.17) is 4.74 Å². The summed E-state index contributed by atoms with van der Waals surface area (Å²) in [5, 5.41) is 2.90. The Hall–Kier alpha value is -2.86. The monoisotopic (exact) mass is 437 g/mol. The Bertz CT molecular complexity index is 874. The average Bonchev–Trinajstić information content (AvgIpc) is 2.82. The first-order chi connectivity index (χ1) is 15.6. The van der Waals surface area contributed by atoms with Crippen molar-refractivity contribution in [3.8, 4) is 5.75 Å². The molecule has 0 saturated carbocycles. The van der Waals surface area contributed by atoms with Gasteiger partial charge < -0.3 is 19.9 Å². The Labute approximate surface area is 191 Å². The van der Waals surface area contributed by atoms with Crippen LogP contribution in [0.3, 0.4) is 0 Å². The van der Waals surface area contributed by atoms with Crippen LogP contribution in [0.5, 0.6) is 5.75 Å². The zero-order valence-electron chi connectivity index (χ0n) is 19.3. The van der Waals surface area contributed by atoms with Crippen LogP contribution >= 0.6 is 0 Å². The molecule has 0 spiro atoms. The summed E-state index contributed by atoms with van der Waals surface area (Å²) in [6, 6.07) is 14.3.